The Labute approximate surface area is 94.1 Å². The molecule has 0 saturated carbocycles. The van der Waals surface area contributed by atoms with Crippen LogP contribution in [0.2, 0.25) is 0 Å². The molecule has 16 heavy (non-hydrogen) atoms. The van der Waals surface area contributed by atoms with E-state index in [2.05, 4.69) is 4.98 Å². The molecule has 0 amide bonds. The second-order valence-corrected chi connectivity index (χ2v) is 4.14. The molecule has 2 rings (SSSR count). The third kappa shape index (κ3) is 1.98. The van der Waals surface area contributed by atoms with Crippen LogP contribution in [0.5, 0.6) is 0 Å². The standard InChI is InChI=1S/C13H14FNO/c1-8(2)11-5-4-10(6-12(11)14)13-7-16-9(3)15-13/h4-8H,1-3H3. The molecule has 0 radical (unpaired) electrons. The van der Waals surface area contributed by atoms with Crippen LogP contribution >= 0.6 is 0 Å². The molecule has 0 unspecified atom stereocenters. The summed E-state index contributed by atoms with van der Waals surface area (Å²) in [6.45, 7) is 5.71. The number of benzene rings is 1. The molecule has 0 aliphatic rings. The van der Waals surface area contributed by atoms with Crippen molar-refractivity contribution in [3.8, 4) is 11.3 Å². The Morgan fingerprint density at radius 1 is 1.31 bits per heavy atom. The zero-order chi connectivity index (χ0) is 11.7. The lowest BCUT2D eigenvalue weighted by Gasteiger charge is -2.07. The smallest absolute Gasteiger partial charge is 0.191 e. The first-order chi connectivity index (χ1) is 7.58. The van der Waals surface area contributed by atoms with Crippen LogP contribution in [0.25, 0.3) is 11.3 Å². The fraction of sp³-hybridized carbons (Fsp3) is 0.308. The Hall–Kier alpha value is -1.64. The van der Waals surface area contributed by atoms with Crippen LogP contribution in [0, 0.1) is 12.7 Å². The molecular formula is C13H14FNO. The van der Waals surface area contributed by atoms with Crippen LogP contribution in [0.1, 0.15) is 31.2 Å². The molecule has 0 atom stereocenters. The van der Waals surface area contributed by atoms with Gasteiger partial charge < -0.3 is 4.42 Å². The first-order valence-corrected chi connectivity index (χ1v) is 5.30. The normalized spacial score (nSPS) is 11.1. The zero-order valence-electron chi connectivity index (χ0n) is 9.62. The maximum atomic E-state index is 13.7. The van der Waals surface area contributed by atoms with Gasteiger partial charge in [-0.3, -0.25) is 0 Å². The van der Waals surface area contributed by atoms with Crippen molar-refractivity contribution in [3.63, 3.8) is 0 Å². The van der Waals surface area contributed by atoms with Crippen molar-refractivity contribution in [2.24, 2.45) is 0 Å². The molecule has 0 saturated heterocycles. The van der Waals surface area contributed by atoms with Gasteiger partial charge in [0.15, 0.2) is 5.89 Å². The zero-order valence-corrected chi connectivity index (χ0v) is 9.62. The van der Waals surface area contributed by atoms with Crippen LogP contribution in [-0.4, -0.2) is 4.98 Å². The molecule has 0 N–H and O–H groups in total. The molecule has 0 aliphatic heterocycles. The van der Waals surface area contributed by atoms with Crippen molar-refractivity contribution in [3.05, 3.63) is 41.7 Å². The van der Waals surface area contributed by atoms with Gasteiger partial charge in [-0.15, -0.1) is 0 Å². The topological polar surface area (TPSA) is 26.0 Å². The molecule has 1 aromatic heterocycles. The van der Waals surface area contributed by atoms with Gasteiger partial charge in [0.1, 0.15) is 17.8 Å². The van der Waals surface area contributed by atoms with Crippen molar-refractivity contribution in [2.75, 3.05) is 0 Å². The molecule has 0 bridgehead atoms. The van der Waals surface area contributed by atoms with Crippen LogP contribution in [0.4, 0.5) is 4.39 Å². The number of nitrogens with zero attached hydrogens (tertiary/aromatic N) is 1. The number of aryl methyl sites for hydroxylation is 1. The highest BCUT2D eigenvalue weighted by atomic mass is 19.1. The third-order valence-corrected chi connectivity index (χ3v) is 2.54. The number of aromatic nitrogens is 1. The number of oxazole rings is 1. The van der Waals surface area contributed by atoms with E-state index in [0.29, 0.717) is 11.6 Å². The molecular weight excluding hydrogens is 205 g/mol. The molecule has 1 aromatic carbocycles. The number of halogens is 1. The Kier molecular flexibility index (Phi) is 2.77. The fourth-order valence-corrected chi connectivity index (χ4v) is 1.65. The molecule has 0 fully saturated rings. The Morgan fingerprint density at radius 2 is 2.06 bits per heavy atom. The van der Waals surface area contributed by atoms with Gasteiger partial charge in [-0.25, -0.2) is 9.37 Å². The van der Waals surface area contributed by atoms with Gasteiger partial charge >= 0.3 is 0 Å². The van der Waals surface area contributed by atoms with Gasteiger partial charge in [0.05, 0.1) is 0 Å². The number of hydrogen-bond donors (Lipinski definition) is 0. The van der Waals surface area contributed by atoms with Crippen molar-refractivity contribution in [1.82, 2.24) is 4.98 Å². The first-order valence-electron chi connectivity index (χ1n) is 5.30. The second-order valence-electron chi connectivity index (χ2n) is 4.14. The van der Waals surface area contributed by atoms with Crippen LogP contribution < -0.4 is 0 Å². The molecule has 0 aliphatic carbocycles. The molecule has 2 nitrogen and oxygen atoms in total. The second kappa shape index (κ2) is 4.08. The predicted octanol–water partition coefficient (Wildman–Crippen LogP) is 3.91. The number of rotatable bonds is 2. The lowest BCUT2D eigenvalue weighted by atomic mass is 10.0. The average Bonchev–Trinajstić information content (AvgIpc) is 2.64. The summed E-state index contributed by atoms with van der Waals surface area (Å²) in [5.74, 6) is 0.588. The summed E-state index contributed by atoms with van der Waals surface area (Å²) in [4.78, 5) is 4.16. The van der Waals surface area contributed by atoms with E-state index in [1.165, 1.54) is 6.07 Å². The van der Waals surface area contributed by atoms with Gasteiger partial charge in [-0.2, -0.15) is 0 Å². The monoisotopic (exact) mass is 219 g/mol. The third-order valence-electron chi connectivity index (χ3n) is 2.54. The van der Waals surface area contributed by atoms with E-state index in [1.807, 2.05) is 19.9 Å². The van der Waals surface area contributed by atoms with Crippen molar-refractivity contribution >= 4 is 0 Å². The van der Waals surface area contributed by atoms with E-state index >= 15 is 0 Å². The molecule has 0 spiro atoms. The summed E-state index contributed by atoms with van der Waals surface area (Å²) in [6.07, 6.45) is 1.54. The lowest BCUT2D eigenvalue weighted by Crippen LogP contribution is -1.93. The predicted molar refractivity (Wildman–Crippen MR) is 60.7 cm³/mol. The highest BCUT2D eigenvalue weighted by Gasteiger charge is 2.10. The lowest BCUT2D eigenvalue weighted by molar-refractivity contribution is 0.521. The summed E-state index contributed by atoms with van der Waals surface area (Å²) in [6, 6.07) is 5.18. The van der Waals surface area contributed by atoms with Crippen molar-refractivity contribution < 1.29 is 8.81 Å². The minimum atomic E-state index is -0.187. The van der Waals surface area contributed by atoms with E-state index < -0.39 is 0 Å². The number of hydrogen-bond acceptors (Lipinski definition) is 2. The summed E-state index contributed by atoms with van der Waals surface area (Å²) < 4.78 is 18.8. The van der Waals surface area contributed by atoms with Crippen LogP contribution in [-0.2, 0) is 0 Å². The Bertz CT molecular complexity index is 502. The first kappa shape index (κ1) is 10.9. The highest BCUT2D eigenvalue weighted by molar-refractivity contribution is 5.58. The van der Waals surface area contributed by atoms with E-state index in [0.717, 1.165) is 11.1 Å². The van der Waals surface area contributed by atoms with Crippen LogP contribution in [0.15, 0.2) is 28.9 Å². The van der Waals surface area contributed by atoms with Gasteiger partial charge in [-0.05, 0) is 17.5 Å². The Morgan fingerprint density at radius 3 is 2.56 bits per heavy atom. The quantitative estimate of drug-likeness (QED) is 0.765. The maximum Gasteiger partial charge on any atom is 0.191 e. The minimum absolute atomic E-state index is 0.187. The van der Waals surface area contributed by atoms with E-state index in [4.69, 9.17) is 4.42 Å². The van der Waals surface area contributed by atoms with Gasteiger partial charge in [-0.1, -0.05) is 26.0 Å². The SMILES string of the molecule is Cc1nc(-c2ccc(C(C)C)c(F)c2)co1. The Balaban J connectivity index is 2.42. The highest BCUT2D eigenvalue weighted by Crippen LogP contribution is 2.24. The minimum Gasteiger partial charge on any atom is -0.449 e. The molecule has 2 aromatic rings. The molecule has 3 heteroatoms. The van der Waals surface area contributed by atoms with Gasteiger partial charge in [0.25, 0.3) is 0 Å². The average molecular weight is 219 g/mol. The summed E-state index contributed by atoms with van der Waals surface area (Å²) in [7, 11) is 0. The molecule has 84 valence electrons. The molecule has 1 heterocycles. The summed E-state index contributed by atoms with van der Waals surface area (Å²) in [5.41, 5.74) is 2.15. The van der Waals surface area contributed by atoms with E-state index in [-0.39, 0.29) is 11.7 Å². The van der Waals surface area contributed by atoms with Crippen LogP contribution in [0.3, 0.4) is 0 Å². The largest absolute Gasteiger partial charge is 0.449 e. The van der Waals surface area contributed by atoms with Gasteiger partial charge in [0, 0.05) is 12.5 Å². The van der Waals surface area contributed by atoms with Crippen molar-refractivity contribution in [2.45, 2.75) is 26.7 Å². The van der Waals surface area contributed by atoms with Gasteiger partial charge in [0.2, 0.25) is 0 Å². The van der Waals surface area contributed by atoms with Crippen molar-refractivity contribution in [1.29, 1.82) is 0 Å². The fourth-order valence-electron chi connectivity index (χ4n) is 1.65. The van der Waals surface area contributed by atoms with E-state index in [1.54, 1.807) is 19.3 Å². The summed E-state index contributed by atoms with van der Waals surface area (Å²) in [5, 5.41) is 0. The summed E-state index contributed by atoms with van der Waals surface area (Å²) >= 11 is 0. The maximum absolute atomic E-state index is 13.7. The van der Waals surface area contributed by atoms with E-state index in [9.17, 15) is 4.39 Å².